The molecule has 1 N–H and O–H groups in total. The second kappa shape index (κ2) is 5.32. The summed E-state index contributed by atoms with van der Waals surface area (Å²) in [6, 6.07) is 7.14. The molecule has 19 heavy (non-hydrogen) atoms. The third kappa shape index (κ3) is 2.56. The van der Waals surface area contributed by atoms with Crippen LogP contribution in [0.4, 0.5) is 13.2 Å². The molecule has 0 heterocycles. The van der Waals surface area contributed by atoms with Crippen molar-refractivity contribution in [2.24, 2.45) is 0 Å². The van der Waals surface area contributed by atoms with Gasteiger partial charge in [-0.1, -0.05) is 12.1 Å². The Morgan fingerprint density at radius 1 is 1.00 bits per heavy atom. The first kappa shape index (κ1) is 13.4. The minimum Gasteiger partial charge on any atom is -0.497 e. The highest BCUT2D eigenvalue weighted by Gasteiger charge is 2.20. The largest absolute Gasteiger partial charge is 0.497 e. The van der Waals surface area contributed by atoms with Crippen LogP contribution in [0.15, 0.2) is 36.4 Å². The van der Waals surface area contributed by atoms with Gasteiger partial charge in [-0.3, -0.25) is 0 Å². The molecule has 2 rings (SSSR count). The highest BCUT2D eigenvalue weighted by atomic mass is 19.2. The lowest BCUT2D eigenvalue weighted by atomic mass is 10.0. The number of rotatable bonds is 3. The van der Waals surface area contributed by atoms with Crippen LogP contribution >= 0.6 is 0 Å². The Morgan fingerprint density at radius 2 is 1.74 bits per heavy atom. The lowest BCUT2D eigenvalue weighted by molar-refractivity contribution is 0.208. The van der Waals surface area contributed by atoms with Crippen molar-refractivity contribution in [3.63, 3.8) is 0 Å². The van der Waals surface area contributed by atoms with Crippen molar-refractivity contribution >= 4 is 0 Å². The Hall–Kier alpha value is -2.01. The lowest BCUT2D eigenvalue weighted by Crippen LogP contribution is -2.06. The smallest absolute Gasteiger partial charge is 0.164 e. The van der Waals surface area contributed by atoms with E-state index in [2.05, 4.69) is 0 Å². The molecule has 0 aliphatic carbocycles. The van der Waals surface area contributed by atoms with Crippen LogP contribution < -0.4 is 4.74 Å². The highest BCUT2D eigenvalue weighted by molar-refractivity contribution is 5.36. The van der Waals surface area contributed by atoms with Gasteiger partial charge in [0.2, 0.25) is 0 Å². The molecule has 0 fully saturated rings. The Kier molecular flexibility index (Phi) is 3.76. The maximum absolute atomic E-state index is 13.7. The van der Waals surface area contributed by atoms with E-state index in [9.17, 15) is 18.3 Å². The summed E-state index contributed by atoms with van der Waals surface area (Å²) in [6.45, 7) is 0. The predicted molar refractivity (Wildman–Crippen MR) is 63.4 cm³/mol. The number of benzene rings is 2. The molecule has 5 heteroatoms. The first-order chi connectivity index (χ1) is 9.04. The SMILES string of the molecule is COc1ccc([C@H](O)c2cccc(F)c2F)c(F)c1. The van der Waals surface area contributed by atoms with Crippen LogP contribution in [0.25, 0.3) is 0 Å². The van der Waals surface area contributed by atoms with E-state index in [0.717, 1.165) is 12.1 Å². The molecular weight excluding hydrogens is 257 g/mol. The first-order valence-corrected chi connectivity index (χ1v) is 5.50. The van der Waals surface area contributed by atoms with E-state index in [1.807, 2.05) is 0 Å². The summed E-state index contributed by atoms with van der Waals surface area (Å²) in [5, 5.41) is 9.95. The summed E-state index contributed by atoms with van der Waals surface area (Å²) in [7, 11) is 1.37. The van der Waals surface area contributed by atoms with E-state index in [1.54, 1.807) is 0 Å². The normalized spacial score (nSPS) is 12.3. The average Bonchev–Trinajstić information content (AvgIpc) is 2.41. The van der Waals surface area contributed by atoms with E-state index in [0.29, 0.717) is 0 Å². The third-order valence-electron chi connectivity index (χ3n) is 2.78. The number of hydrogen-bond acceptors (Lipinski definition) is 2. The lowest BCUT2D eigenvalue weighted by Gasteiger charge is -2.14. The molecule has 2 aromatic carbocycles. The Labute approximate surface area is 108 Å². The van der Waals surface area contributed by atoms with Crippen molar-refractivity contribution in [3.05, 3.63) is 65.0 Å². The van der Waals surface area contributed by atoms with Gasteiger partial charge in [0.15, 0.2) is 11.6 Å². The Morgan fingerprint density at radius 3 is 2.37 bits per heavy atom. The van der Waals surface area contributed by atoms with E-state index in [1.165, 1.54) is 31.4 Å². The van der Waals surface area contributed by atoms with Gasteiger partial charge in [-0.15, -0.1) is 0 Å². The fraction of sp³-hybridized carbons (Fsp3) is 0.143. The zero-order chi connectivity index (χ0) is 14.0. The van der Waals surface area contributed by atoms with Crippen LogP contribution in [0.1, 0.15) is 17.2 Å². The van der Waals surface area contributed by atoms with Gasteiger partial charge in [0.05, 0.1) is 7.11 Å². The molecule has 100 valence electrons. The second-order valence-electron chi connectivity index (χ2n) is 3.93. The number of methoxy groups -OCH3 is 1. The van der Waals surface area contributed by atoms with E-state index in [-0.39, 0.29) is 16.9 Å². The molecule has 0 bridgehead atoms. The summed E-state index contributed by atoms with van der Waals surface area (Å²) in [5.74, 6) is -2.76. The van der Waals surface area contributed by atoms with Gasteiger partial charge >= 0.3 is 0 Å². The predicted octanol–water partition coefficient (Wildman–Crippen LogP) is 3.19. The molecule has 0 unspecified atom stereocenters. The number of ether oxygens (including phenoxy) is 1. The van der Waals surface area contributed by atoms with Crippen molar-refractivity contribution < 1.29 is 23.0 Å². The quantitative estimate of drug-likeness (QED) is 0.926. The summed E-state index contributed by atoms with van der Waals surface area (Å²) < 4.78 is 45.2. The van der Waals surface area contributed by atoms with Crippen LogP contribution in [0.3, 0.4) is 0 Å². The van der Waals surface area contributed by atoms with E-state index >= 15 is 0 Å². The molecule has 2 aromatic rings. The zero-order valence-corrected chi connectivity index (χ0v) is 10.0. The number of halogens is 3. The van der Waals surface area contributed by atoms with Crippen LogP contribution in [0.5, 0.6) is 5.75 Å². The van der Waals surface area contributed by atoms with E-state index < -0.39 is 23.6 Å². The van der Waals surface area contributed by atoms with Gasteiger partial charge < -0.3 is 9.84 Å². The fourth-order valence-corrected chi connectivity index (χ4v) is 1.76. The molecule has 2 nitrogen and oxygen atoms in total. The fourth-order valence-electron chi connectivity index (χ4n) is 1.76. The monoisotopic (exact) mass is 268 g/mol. The molecule has 1 atom stereocenters. The van der Waals surface area contributed by atoms with Gasteiger partial charge in [0, 0.05) is 17.2 Å². The summed E-state index contributed by atoms with van der Waals surface area (Å²) >= 11 is 0. The second-order valence-corrected chi connectivity index (χ2v) is 3.93. The zero-order valence-electron chi connectivity index (χ0n) is 10.0. The van der Waals surface area contributed by atoms with Crippen molar-refractivity contribution in [1.82, 2.24) is 0 Å². The molecule has 0 aromatic heterocycles. The van der Waals surface area contributed by atoms with Crippen LogP contribution in [0, 0.1) is 17.5 Å². The maximum Gasteiger partial charge on any atom is 0.164 e. The standard InChI is InChI=1S/C14H11F3O2/c1-19-8-5-6-9(12(16)7-8)14(18)10-3-2-4-11(15)13(10)17/h2-7,14,18H,1H3/t14-/m0/s1. The number of hydrogen-bond donors (Lipinski definition) is 1. The average molecular weight is 268 g/mol. The molecule has 0 radical (unpaired) electrons. The van der Waals surface area contributed by atoms with Crippen LogP contribution in [-0.2, 0) is 0 Å². The van der Waals surface area contributed by atoms with Crippen LogP contribution in [-0.4, -0.2) is 12.2 Å². The van der Waals surface area contributed by atoms with Crippen molar-refractivity contribution in [2.45, 2.75) is 6.10 Å². The third-order valence-corrected chi connectivity index (χ3v) is 2.78. The molecule has 0 saturated carbocycles. The molecule has 0 aliphatic rings. The Balaban J connectivity index is 2.44. The van der Waals surface area contributed by atoms with Gasteiger partial charge in [0.1, 0.15) is 17.7 Å². The van der Waals surface area contributed by atoms with Gasteiger partial charge in [-0.05, 0) is 18.2 Å². The summed E-state index contributed by atoms with van der Waals surface area (Å²) in [5.41, 5.74) is -0.464. The minimum absolute atomic E-state index is 0.148. The van der Waals surface area contributed by atoms with Crippen molar-refractivity contribution in [3.8, 4) is 5.75 Å². The first-order valence-electron chi connectivity index (χ1n) is 5.50. The van der Waals surface area contributed by atoms with Crippen molar-refractivity contribution in [1.29, 1.82) is 0 Å². The molecule has 0 spiro atoms. The van der Waals surface area contributed by atoms with Gasteiger partial charge in [-0.25, -0.2) is 13.2 Å². The summed E-state index contributed by atoms with van der Waals surface area (Å²) in [4.78, 5) is 0. The van der Waals surface area contributed by atoms with Crippen LogP contribution in [0.2, 0.25) is 0 Å². The highest BCUT2D eigenvalue weighted by Crippen LogP contribution is 2.29. The molecule has 0 aliphatic heterocycles. The molecular formula is C14H11F3O2. The Bertz CT molecular complexity index is 599. The van der Waals surface area contributed by atoms with Gasteiger partial charge in [0.25, 0.3) is 0 Å². The molecule has 0 saturated heterocycles. The summed E-state index contributed by atoms with van der Waals surface area (Å²) in [6.07, 6.45) is -1.58. The van der Waals surface area contributed by atoms with E-state index in [4.69, 9.17) is 4.74 Å². The number of aliphatic hydroxyl groups excluding tert-OH is 1. The maximum atomic E-state index is 13.7. The van der Waals surface area contributed by atoms with Crippen molar-refractivity contribution in [2.75, 3.05) is 7.11 Å². The molecule has 0 amide bonds. The number of aliphatic hydroxyl groups is 1. The topological polar surface area (TPSA) is 29.5 Å². The minimum atomic E-state index is -1.58. The van der Waals surface area contributed by atoms with Gasteiger partial charge in [-0.2, -0.15) is 0 Å².